The number of benzene rings is 1. The molecule has 0 saturated heterocycles. The van der Waals surface area contributed by atoms with E-state index in [2.05, 4.69) is 6.92 Å². The third kappa shape index (κ3) is 2.76. The van der Waals surface area contributed by atoms with Crippen molar-refractivity contribution in [3.05, 3.63) is 29.8 Å². The van der Waals surface area contributed by atoms with E-state index in [1.54, 1.807) is 12.1 Å². The van der Waals surface area contributed by atoms with Crippen molar-refractivity contribution in [2.45, 2.75) is 13.3 Å². The summed E-state index contributed by atoms with van der Waals surface area (Å²) in [7, 11) is 0. The standard InChI is InChI=1S/C9H12N2O2/c1-2-7-3-5-8(6-4-7)13-9(12)11-10/h3-6H,2,10H2,1H3,(H,11,12). The molecule has 1 rings (SSSR count). The van der Waals surface area contributed by atoms with Crippen molar-refractivity contribution in [1.82, 2.24) is 5.43 Å². The maximum atomic E-state index is 10.7. The van der Waals surface area contributed by atoms with Gasteiger partial charge in [-0.1, -0.05) is 19.1 Å². The Morgan fingerprint density at radius 2 is 2.08 bits per heavy atom. The molecule has 0 fully saturated rings. The van der Waals surface area contributed by atoms with Gasteiger partial charge in [-0.15, -0.1) is 0 Å². The van der Waals surface area contributed by atoms with Gasteiger partial charge in [0.25, 0.3) is 0 Å². The van der Waals surface area contributed by atoms with E-state index in [9.17, 15) is 4.79 Å². The van der Waals surface area contributed by atoms with Crippen LogP contribution in [0.4, 0.5) is 4.79 Å². The second-order valence-electron chi connectivity index (χ2n) is 2.53. The van der Waals surface area contributed by atoms with Gasteiger partial charge in [-0.05, 0) is 24.1 Å². The second kappa shape index (κ2) is 4.47. The van der Waals surface area contributed by atoms with Crippen LogP contribution in [0.5, 0.6) is 5.75 Å². The smallest absolute Gasteiger partial charge is 0.409 e. The van der Waals surface area contributed by atoms with E-state index >= 15 is 0 Å². The molecule has 1 aromatic rings. The van der Waals surface area contributed by atoms with Gasteiger partial charge >= 0.3 is 6.09 Å². The fourth-order valence-corrected chi connectivity index (χ4v) is 0.930. The van der Waals surface area contributed by atoms with E-state index in [1.165, 1.54) is 5.56 Å². The van der Waals surface area contributed by atoms with Crippen molar-refractivity contribution in [3.8, 4) is 5.75 Å². The average molecular weight is 180 g/mol. The summed E-state index contributed by atoms with van der Waals surface area (Å²) in [6.45, 7) is 2.06. The number of hydrogen-bond donors (Lipinski definition) is 2. The molecule has 0 unspecified atom stereocenters. The van der Waals surface area contributed by atoms with Crippen LogP contribution in [0.1, 0.15) is 12.5 Å². The zero-order valence-corrected chi connectivity index (χ0v) is 7.41. The Bertz CT molecular complexity index is 282. The highest BCUT2D eigenvalue weighted by atomic mass is 16.6. The SMILES string of the molecule is CCc1ccc(OC(=O)NN)cc1. The Morgan fingerprint density at radius 3 is 2.54 bits per heavy atom. The fourth-order valence-electron chi connectivity index (χ4n) is 0.930. The van der Waals surface area contributed by atoms with E-state index in [-0.39, 0.29) is 0 Å². The third-order valence-corrected chi connectivity index (χ3v) is 1.66. The van der Waals surface area contributed by atoms with Gasteiger partial charge in [-0.25, -0.2) is 10.6 Å². The molecule has 0 aromatic heterocycles. The summed E-state index contributed by atoms with van der Waals surface area (Å²) in [6, 6.07) is 7.26. The van der Waals surface area contributed by atoms with Crippen molar-refractivity contribution in [2.75, 3.05) is 0 Å². The molecule has 0 aliphatic heterocycles. The maximum absolute atomic E-state index is 10.7. The van der Waals surface area contributed by atoms with Crippen LogP contribution in [0.25, 0.3) is 0 Å². The molecule has 0 aliphatic carbocycles. The number of carbonyl (C=O) groups excluding carboxylic acids is 1. The summed E-state index contributed by atoms with van der Waals surface area (Å²) in [5, 5.41) is 0. The van der Waals surface area contributed by atoms with E-state index in [0.717, 1.165) is 6.42 Å². The van der Waals surface area contributed by atoms with Gasteiger partial charge in [0.1, 0.15) is 5.75 Å². The Kier molecular flexibility index (Phi) is 3.28. The first kappa shape index (κ1) is 9.54. The molecule has 70 valence electrons. The number of ether oxygens (including phenoxy) is 1. The number of aryl methyl sites for hydroxylation is 1. The zero-order chi connectivity index (χ0) is 9.68. The normalized spacial score (nSPS) is 9.38. The molecule has 1 amide bonds. The van der Waals surface area contributed by atoms with Crippen molar-refractivity contribution in [3.63, 3.8) is 0 Å². The molecule has 4 heteroatoms. The quantitative estimate of drug-likeness (QED) is 0.408. The fraction of sp³-hybridized carbons (Fsp3) is 0.222. The molecule has 0 heterocycles. The highest BCUT2D eigenvalue weighted by Crippen LogP contribution is 2.12. The average Bonchev–Trinajstić information content (AvgIpc) is 2.19. The number of nitrogens with one attached hydrogen (secondary N) is 1. The lowest BCUT2D eigenvalue weighted by Crippen LogP contribution is -2.32. The third-order valence-electron chi connectivity index (χ3n) is 1.66. The first-order chi connectivity index (χ1) is 6.26. The summed E-state index contributed by atoms with van der Waals surface area (Å²) in [5.41, 5.74) is 3.08. The number of hydrogen-bond acceptors (Lipinski definition) is 3. The molecule has 0 bridgehead atoms. The number of amides is 1. The number of hydrazine groups is 1. The lowest BCUT2D eigenvalue weighted by Gasteiger charge is -2.03. The molecular formula is C9H12N2O2. The zero-order valence-electron chi connectivity index (χ0n) is 7.41. The van der Waals surface area contributed by atoms with Crippen molar-refractivity contribution < 1.29 is 9.53 Å². The molecule has 0 radical (unpaired) electrons. The lowest BCUT2D eigenvalue weighted by molar-refractivity contribution is 0.200. The molecule has 0 spiro atoms. The van der Waals surface area contributed by atoms with Crippen LogP contribution in [0.3, 0.4) is 0 Å². The van der Waals surface area contributed by atoms with Crippen molar-refractivity contribution in [1.29, 1.82) is 0 Å². The number of nitrogens with two attached hydrogens (primary N) is 1. The Balaban J connectivity index is 2.64. The van der Waals surface area contributed by atoms with Crippen LogP contribution in [0.2, 0.25) is 0 Å². The van der Waals surface area contributed by atoms with E-state index in [4.69, 9.17) is 10.6 Å². The van der Waals surface area contributed by atoms with Gasteiger partial charge in [-0.2, -0.15) is 0 Å². The molecule has 4 nitrogen and oxygen atoms in total. The van der Waals surface area contributed by atoms with Crippen LogP contribution >= 0.6 is 0 Å². The van der Waals surface area contributed by atoms with Crippen LogP contribution in [-0.4, -0.2) is 6.09 Å². The molecular weight excluding hydrogens is 168 g/mol. The predicted molar refractivity (Wildman–Crippen MR) is 49.2 cm³/mol. The molecule has 13 heavy (non-hydrogen) atoms. The summed E-state index contributed by atoms with van der Waals surface area (Å²) in [6.07, 6.45) is 0.299. The van der Waals surface area contributed by atoms with Gasteiger partial charge in [0.2, 0.25) is 0 Å². The summed E-state index contributed by atoms with van der Waals surface area (Å²) in [4.78, 5) is 10.7. The van der Waals surface area contributed by atoms with Crippen LogP contribution in [0.15, 0.2) is 24.3 Å². The van der Waals surface area contributed by atoms with Gasteiger partial charge < -0.3 is 4.74 Å². The monoisotopic (exact) mass is 180 g/mol. The van der Waals surface area contributed by atoms with Crippen molar-refractivity contribution >= 4 is 6.09 Å². The van der Waals surface area contributed by atoms with Gasteiger partial charge in [0.15, 0.2) is 0 Å². The molecule has 3 N–H and O–H groups in total. The van der Waals surface area contributed by atoms with Gasteiger partial charge in [-0.3, -0.25) is 5.43 Å². The summed E-state index contributed by atoms with van der Waals surface area (Å²) < 4.78 is 4.79. The Hall–Kier alpha value is -1.55. The van der Waals surface area contributed by atoms with Crippen molar-refractivity contribution in [2.24, 2.45) is 5.84 Å². The maximum Gasteiger partial charge on any atom is 0.426 e. The first-order valence-electron chi connectivity index (χ1n) is 4.03. The van der Waals surface area contributed by atoms with Crippen LogP contribution in [0, 0.1) is 0 Å². The molecule has 1 aromatic carbocycles. The molecule has 0 aliphatic rings. The highest BCUT2D eigenvalue weighted by Gasteiger charge is 2.00. The van der Waals surface area contributed by atoms with E-state index in [1.807, 2.05) is 17.6 Å². The number of carbonyl (C=O) groups is 1. The minimum atomic E-state index is -0.663. The molecule has 0 atom stereocenters. The lowest BCUT2D eigenvalue weighted by atomic mass is 10.2. The topological polar surface area (TPSA) is 64.3 Å². The minimum Gasteiger partial charge on any atom is -0.409 e. The minimum absolute atomic E-state index is 0.486. The Labute approximate surface area is 76.7 Å². The highest BCUT2D eigenvalue weighted by molar-refractivity contribution is 5.69. The van der Waals surface area contributed by atoms with Gasteiger partial charge in [0.05, 0.1) is 0 Å². The Morgan fingerprint density at radius 1 is 1.46 bits per heavy atom. The number of rotatable bonds is 2. The van der Waals surface area contributed by atoms with Crippen LogP contribution < -0.4 is 16.0 Å². The first-order valence-corrected chi connectivity index (χ1v) is 4.03. The summed E-state index contributed by atoms with van der Waals surface area (Å²) in [5.74, 6) is 5.34. The molecule has 0 saturated carbocycles. The summed E-state index contributed by atoms with van der Waals surface area (Å²) >= 11 is 0. The van der Waals surface area contributed by atoms with Gasteiger partial charge in [0, 0.05) is 0 Å². The van der Waals surface area contributed by atoms with E-state index in [0.29, 0.717) is 5.75 Å². The van der Waals surface area contributed by atoms with E-state index < -0.39 is 6.09 Å². The van der Waals surface area contributed by atoms with Crippen LogP contribution in [-0.2, 0) is 6.42 Å². The predicted octanol–water partition coefficient (Wildman–Crippen LogP) is 1.21. The largest absolute Gasteiger partial charge is 0.426 e. The second-order valence-corrected chi connectivity index (χ2v) is 2.53.